The zero-order valence-electron chi connectivity index (χ0n) is 6.51. The van der Waals surface area contributed by atoms with E-state index in [1.807, 2.05) is 19.1 Å². The third-order valence-corrected chi connectivity index (χ3v) is 1.90. The van der Waals surface area contributed by atoms with Crippen molar-refractivity contribution in [1.82, 2.24) is 0 Å². The van der Waals surface area contributed by atoms with Crippen molar-refractivity contribution in [3.8, 4) is 0 Å². The lowest BCUT2D eigenvalue weighted by Crippen LogP contribution is -2.15. The highest BCUT2D eigenvalue weighted by molar-refractivity contribution is 9.10. The molecule has 0 saturated carbocycles. The van der Waals surface area contributed by atoms with E-state index in [2.05, 4.69) is 15.9 Å². The fourth-order valence-corrected chi connectivity index (χ4v) is 1.20. The van der Waals surface area contributed by atoms with Crippen molar-refractivity contribution in [3.05, 3.63) is 22.6 Å². The largest absolute Gasteiger partial charge is 0.454 e. The van der Waals surface area contributed by atoms with Gasteiger partial charge in [0.1, 0.15) is 5.76 Å². The Bertz CT molecular complexity index is 220. The molecule has 2 N–H and O–H groups in total. The van der Waals surface area contributed by atoms with Crippen molar-refractivity contribution in [2.24, 2.45) is 5.73 Å². The van der Waals surface area contributed by atoms with E-state index in [0.717, 1.165) is 23.3 Å². The Hall–Kier alpha value is -0.280. The quantitative estimate of drug-likeness (QED) is 0.845. The van der Waals surface area contributed by atoms with Gasteiger partial charge in [-0.15, -0.1) is 0 Å². The summed E-state index contributed by atoms with van der Waals surface area (Å²) in [6.45, 7) is 2.00. The number of rotatable bonds is 3. The maximum atomic E-state index is 5.59. The fourth-order valence-electron chi connectivity index (χ4n) is 0.856. The number of halogens is 1. The average Bonchev–Trinajstić information content (AvgIpc) is 2.31. The first-order valence-corrected chi connectivity index (χ1v) is 4.47. The predicted octanol–water partition coefficient (Wildman–Crippen LogP) is 2.32. The van der Waals surface area contributed by atoms with Crippen molar-refractivity contribution in [2.75, 3.05) is 0 Å². The molecule has 0 spiro atoms. The van der Waals surface area contributed by atoms with E-state index in [9.17, 15) is 0 Å². The molecule has 0 aliphatic heterocycles. The summed E-state index contributed by atoms with van der Waals surface area (Å²) < 4.78 is 6.08. The van der Waals surface area contributed by atoms with Crippen LogP contribution in [-0.2, 0) is 6.42 Å². The molecule has 0 amide bonds. The lowest BCUT2D eigenvalue weighted by atomic mass is 10.2. The van der Waals surface area contributed by atoms with E-state index >= 15 is 0 Å². The Morgan fingerprint density at radius 1 is 1.64 bits per heavy atom. The molecule has 0 aliphatic rings. The second kappa shape index (κ2) is 3.93. The van der Waals surface area contributed by atoms with Crippen LogP contribution in [0.2, 0.25) is 0 Å². The minimum atomic E-state index is 0.249. The van der Waals surface area contributed by atoms with E-state index in [4.69, 9.17) is 10.2 Å². The van der Waals surface area contributed by atoms with Gasteiger partial charge in [-0.25, -0.2) is 0 Å². The summed E-state index contributed by atoms with van der Waals surface area (Å²) in [6.07, 6.45) is 1.89. The fraction of sp³-hybridized carbons (Fsp3) is 0.500. The molecule has 3 heteroatoms. The molecular formula is C8H12BrNO. The van der Waals surface area contributed by atoms with Gasteiger partial charge in [0.25, 0.3) is 0 Å². The van der Waals surface area contributed by atoms with Crippen LogP contribution in [0, 0.1) is 0 Å². The topological polar surface area (TPSA) is 39.2 Å². The molecule has 1 atom stereocenters. The molecule has 62 valence electrons. The van der Waals surface area contributed by atoms with Gasteiger partial charge in [0.05, 0.1) is 0 Å². The Morgan fingerprint density at radius 2 is 2.36 bits per heavy atom. The summed E-state index contributed by atoms with van der Waals surface area (Å²) in [5, 5.41) is 0. The van der Waals surface area contributed by atoms with Crippen molar-refractivity contribution >= 4 is 15.9 Å². The number of hydrogen-bond donors (Lipinski definition) is 1. The average molecular weight is 218 g/mol. The summed E-state index contributed by atoms with van der Waals surface area (Å²) in [5.41, 5.74) is 5.59. The van der Waals surface area contributed by atoms with Crippen LogP contribution in [0.1, 0.15) is 19.1 Å². The molecule has 0 radical (unpaired) electrons. The van der Waals surface area contributed by atoms with E-state index in [1.165, 1.54) is 0 Å². The first kappa shape index (κ1) is 8.81. The SMILES string of the molecule is CC(N)CCc1ccc(Br)o1. The number of aryl methyl sites for hydroxylation is 1. The minimum absolute atomic E-state index is 0.249. The minimum Gasteiger partial charge on any atom is -0.454 e. The molecule has 0 bridgehead atoms. The maximum Gasteiger partial charge on any atom is 0.169 e. The zero-order chi connectivity index (χ0) is 8.27. The maximum absolute atomic E-state index is 5.59. The van der Waals surface area contributed by atoms with E-state index in [0.29, 0.717) is 0 Å². The van der Waals surface area contributed by atoms with Crippen molar-refractivity contribution in [2.45, 2.75) is 25.8 Å². The first-order valence-electron chi connectivity index (χ1n) is 3.68. The van der Waals surface area contributed by atoms with Crippen molar-refractivity contribution in [1.29, 1.82) is 0 Å². The van der Waals surface area contributed by atoms with Crippen LogP contribution in [0.5, 0.6) is 0 Å². The molecule has 0 aromatic carbocycles. The number of nitrogens with two attached hydrogens (primary N) is 1. The van der Waals surface area contributed by atoms with Gasteiger partial charge in [0.15, 0.2) is 4.67 Å². The Morgan fingerprint density at radius 3 is 2.82 bits per heavy atom. The van der Waals surface area contributed by atoms with Gasteiger partial charge in [-0.05, 0) is 41.4 Å². The van der Waals surface area contributed by atoms with E-state index in [-0.39, 0.29) is 6.04 Å². The summed E-state index contributed by atoms with van der Waals surface area (Å²) >= 11 is 3.24. The van der Waals surface area contributed by atoms with Crippen LogP contribution in [-0.4, -0.2) is 6.04 Å². The number of hydrogen-bond acceptors (Lipinski definition) is 2. The third-order valence-electron chi connectivity index (χ3n) is 1.47. The van der Waals surface area contributed by atoms with Crippen LogP contribution < -0.4 is 5.73 Å². The third kappa shape index (κ3) is 3.08. The molecule has 0 fully saturated rings. The highest BCUT2D eigenvalue weighted by Crippen LogP contribution is 2.15. The molecular weight excluding hydrogens is 206 g/mol. The van der Waals surface area contributed by atoms with Crippen LogP contribution in [0.25, 0.3) is 0 Å². The first-order chi connectivity index (χ1) is 5.18. The Labute approximate surface area is 74.9 Å². The molecule has 2 nitrogen and oxygen atoms in total. The smallest absolute Gasteiger partial charge is 0.169 e. The van der Waals surface area contributed by atoms with Crippen molar-refractivity contribution in [3.63, 3.8) is 0 Å². The predicted molar refractivity (Wildman–Crippen MR) is 48.4 cm³/mol. The van der Waals surface area contributed by atoms with Crippen LogP contribution in [0.4, 0.5) is 0 Å². The number of furan rings is 1. The van der Waals surface area contributed by atoms with Gasteiger partial charge in [-0.2, -0.15) is 0 Å². The van der Waals surface area contributed by atoms with Gasteiger partial charge in [0.2, 0.25) is 0 Å². The second-order valence-electron chi connectivity index (χ2n) is 2.72. The lowest BCUT2D eigenvalue weighted by molar-refractivity contribution is 0.472. The molecule has 1 heterocycles. The van der Waals surface area contributed by atoms with Gasteiger partial charge < -0.3 is 10.2 Å². The monoisotopic (exact) mass is 217 g/mol. The van der Waals surface area contributed by atoms with Gasteiger partial charge in [-0.1, -0.05) is 0 Å². The van der Waals surface area contributed by atoms with E-state index < -0.39 is 0 Å². The van der Waals surface area contributed by atoms with Gasteiger partial charge in [-0.3, -0.25) is 0 Å². The van der Waals surface area contributed by atoms with Crippen LogP contribution in [0.15, 0.2) is 21.2 Å². The normalized spacial score (nSPS) is 13.4. The lowest BCUT2D eigenvalue weighted by Gasteiger charge is -2.00. The molecule has 1 aromatic rings. The summed E-state index contributed by atoms with van der Waals surface area (Å²) in [5.74, 6) is 0.995. The highest BCUT2D eigenvalue weighted by Gasteiger charge is 2.00. The molecule has 1 unspecified atom stereocenters. The summed E-state index contributed by atoms with van der Waals surface area (Å²) in [7, 11) is 0. The van der Waals surface area contributed by atoms with Crippen LogP contribution in [0.3, 0.4) is 0 Å². The Balaban J connectivity index is 2.39. The molecule has 1 rings (SSSR count). The Kier molecular flexibility index (Phi) is 3.15. The summed E-state index contributed by atoms with van der Waals surface area (Å²) in [6, 6.07) is 4.11. The zero-order valence-corrected chi connectivity index (χ0v) is 8.10. The van der Waals surface area contributed by atoms with Crippen LogP contribution >= 0.6 is 15.9 Å². The van der Waals surface area contributed by atoms with Gasteiger partial charge in [0, 0.05) is 12.5 Å². The summed E-state index contributed by atoms with van der Waals surface area (Å²) in [4.78, 5) is 0. The molecule has 11 heavy (non-hydrogen) atoms. The highest BCUT2D eigenvalue weighted by atomic mass is 79.9. The molecule has 1 aromatic heterocycles. The second-order valence-corrected chi connectivity index (χ2v) is 3.50. The van der Waals surface area contributed by atoms with Crippen molar-refractivity contribution < 1.29 is 4.42 Å². The van der Waals surface area contributed by atoms with Gasteiger partial charge >= 0.3 is 0 Å². The standard InChI is InChI=1S/C8H12BrNO/c1-6(10)2-3-7-4-5-8(9)11-7/h4-6H,2-3,10H2,1H3. The molecule has 0 aliphatic carbocycles. The molecule has 0 saturated heterocycles. The van der Waals surface area contributed by atoms with E-state index in [1.54, 1.807) is 0 Å².